The minimum absolute atomic E-state index is 0.00676. The minimum Gasteiger partial charge on any atom is -0.205 e. The summed E-state index contributed by atoms with van der Waals surface area (Å²) in [5.74, 6) is 3.71. The molecule has 0 spiro atoms. The van der Waals surface area contributed by atoms with Gasteiger partial charge < -0.3 is 0 Å². The van der Waals surface area contributed by atoms with Gasteiger partial charge in [-0.3, -0.25) is 0 Å². The van der Waals surface area contributed by atoms with Gasteiger partial charge in [-0.05, 0) is 91.7 Å². The van der Waals surface area contributed by atoms with Crippen molar-refractivity contribution >= 4 is 27.5 Å². The van der Waals surface area contributed by atoms with Crippen LogP contribution in [0, 0.1) is 29.5 Å². The molecule has 1 heterocycles. The molecule has 2 aliphatic rings. The highest BCUT2D eigenvalue weighted by atomic mass is 32.1. The predicted molar refractivity (Wildman–Crippen MR) is 126 cm³/mol. The Bertz CT molecular complexity index is 816. The van der Waals surface area contributed by atoms with Crippen molar-refractivity contribution in [3.05, 3.63) is 40.5 Å². The van der Waals surface area contributed by atoms with Crippen molar-refractivity contribution in [1.29, 1.82) is 0 Å². The Morgan fingerprint density at radius 2 is 1.66 bits per heavy atom. The fourth-order valence-electron chi connectivity index (χ4n) is 5.78. The highest BCUT2D eigenvalue weighted by molar-refractivity contribution is 7.19. The molecule has 2 saturated carbocycles. The number of halogens is 1. The van der Waals surface area contributed by atoms with Gasteiger partial charge in [0.2, 0.25) is 0 Å². The van der Waals surface area contributed by atoms with Crippen LogP contribution in [-0.4, -0.2) is 0 Å². The lowest BCUT2D eigenvalue weighted by Crippen LogP contribution is -2.25. The summed E-state index contributed by atoms with van der Waals surface area (Å²) in [7, 11) is 0. The predicted octanol–water partition coefficient (Wildman–Crippen LogP) is 9.03. The number of fused-ring (bicyclic) bond motifs is 1. The van der Waals surface area contributed by atoms with Gasteiger partial charge in [-0.2, -0.15) is 0 Å². The molecule has 4 rings (SSSR count). The van der Waals surface area contributed by atoms with Crippen LogP contribution in [0.25, 0.3) is 16.2 Å². The van der Waals surface area contributed by atoms with Crippen molar-refractivity contribution in [3.8, 4) is 0 Å². The lowest BCUT2D eigenvalue weighted by molar-refractivity contribution is 0.154. The van der Waals surface area contributed by atoms with Crippen molar-refractivity contribution < 1.29 is 4.39 Å². The fraction of sp³-hybridized carbons (Fsp3) is 0.630. The van der Waals surface area contributed by atoms with Crippen LogP contribution in [0.15, 0.2) is 24.3 Å². The van der Waals surface area contributed by atoms with Crippen LogP contribution in [0.5, 0.6) is 0 Å². The number of hydrogen-bond donors (Lipinski definition) is 0. The monoisotopic (exact) mass is 412 g/mol. The summed E-state index contributed by atoms with van der Waals surface area (Å²) in [6.07, 6.45) is 19.3. The Balaban J connectivity index is 1.33. The Morgan fingerprint density at radius 1 is 0.966 bits per heavy atom. The van der Waals surface area contributed by atoms with Gasteiger partial charge in [0.15, 0.2) is 0 Å². The highest BCUT2D eigenvalue weighted by Crippen LogP contribution is 2.42. The molecule has 0 aliphatic heterocycles. The molecule has 0 saturated heterocycles. The van der Waals surface area contributed by atoms with E-state index in [1.54, 1.807) is 11.3 Å². The zero-order chi connectivity index (χ0) is 20.2. The second-order valence-electron chi connectivity index (χ2n) is 9.58. The Hall–Kier alpha value is -1.15. The molecule has 2 aromatic rings. The van der Waals surface area contributed by atoms with Crippen LogP contribution in [0.4, 0.5) is 4.39 Å². The van der Waals surface area contributed by atoms with Crippen LogP contribution in [0.2, 0.25) is 0 Å². The third-order valence-electron chi connectivity index (χ3n) is 7.73. The van der Waals surface area contributed by atoms with E-state index in [2.05, 4.69) is 38.1 Å². The standard InChI is InChI=1S/C27H37FS/c1-3-5-23-15-16-24-18-25(29-27(24)26(23)28)17-10-20-8-13-22(14-9-20)21-11-6-19(4-2)7-12-21/h10,15-22H,3-9,11-14H2,1-2H3/b17-10+. The number of benzene rings is 1. The number of allylic oxidation sites excluding steroid dienone is 1. The average Bonchev–Trinajstić information content (AvgIpc) is 3.19. The molecule has 1 aromatic carbocycles. The Morgan fingerprint density at radius 3 is 2.31 bits per heavy atom. The summed E-state index contributed by atoms with van der Waals surface area (Å²) in [5.41, 5.74) is 0.865. The average molecular weight is 413 g/mol. The summed E-state index contributed by atoms with van der Waals surface area (Å²) in [5, 5.41) is 1.05. The van der Waals surface area contributed by atoms with Crippen LogP contribution < -0.4 is 0 Å². The first-order valence-electron chi connectivity index (χ1n) is 12.1. The second kappa shape index (κ2) is 9.77. The van der Waals surface area contributed by atoms with Crippen molar-refractivity contribution in [2.45, 2.75) is 84.5 Å². The van der Waals surface area contributed by atoms with Gasteiger partial charge in [-0.25, -0.2) is 4.39 Å². The molecule has 2 aliphatic carbocycles. The third-order valence-corrected chi connectivity index (χ3v) is 8.84. The van der Waals surface area contributed by atoms with E-state index in [1.165, 1.54) is 62.7 Å². The maximum atomic E-state index is 14.7. The zero-order valence-corrected chi connectivity index (χ0v) is 19.1. The molecular formula is C27H37FS. The van der Waals surface area contributed by atoms with Gasteiger partial charge in [0.25, 0.3) is 0 Å². The normalized spacial score (nSPS) is 28.4. The van der Waals surface area contributed by atoms with Crippen molar-refractivity contribution in [1.82, 2.24) is 0 Å². The number of aryl methyl sites for hydroxylation is 1. The van der Waals surface area contributed by atoms with Gasteiger partial charge in [-0.1, -0.05) is 57.7 Å². The molecular weight excluding hydrogens is 375 g/mol. The van der Waals surface area contributed by atoms with Gasteiger partial charge >= 0.3 is 0 Å². The minimum atomic E-state index is 0.00676. The van der Waals surface area contributed by atoms with Crippen molar-refractivity contribution in [3.63, 3.8) is 0 Å². The van der Waals surface area contributed by atoms with E-state index >= 15 is 0 Å². The summed E-state index contributed by atoms with van der Waals surface area (Å²) in [6, 6.07) is 6.22. The van der Waals surface area contributed by atoms with E-state index in [0.717, 1.165) is 46.2 Å². The molecule has 2 fully saturated rings. The van der Waals surface area contributed by atoms with Gasteiger partial charge in [0, 0.05) is 4.88 Å². The number of rotatable bonds is 6. The summed E-state index contributed by atoms with van der Waals surface area (Å²) < 4.78 is 15.6. The van der Waals surface area contributed by atoms with Gasteiger partial charge in [0.05, 0.1) is 4.70 Å². The van der Waals surface area contributed by atoms with Crippen LogP contribution in [0.3, 0.4) is 0 Å². The van der Waals surface area contributed by atoms with Gasteiger partial charge in [-0.15, -0.1) is 11.3 Å². The number of hydrogen-bond acceptors (Lipinski definition) is 1. The molecule has 0 nitrogen and oxygen atoms in total. The van der Waals surface area contributed by atoms with E-state index in [1.807, 2.05) is 6.07 Å². The fourth-order valence-corrected chi connectivity index (χ4v) is 6.82. The Kier molecular flexibility index (Phi) is 7.11. The third kappa shape index (κ3) is 4.95. The van der Waals surface area contributed by atoms with E-state index in [9.17, 15) is 4.39 Å². The first-order valence-corrected chi connectivity index (χ1v) is 12.9. The van der Waals surface area contributed by atoms with Crippen LogP contribution in [-0.2, 0) is 6.42 Å². The summed E-state index contributed by atoms with van der Waals surface area (Å²) in [6.45, 7) is 4.47. The molecule has 158 valence electrons. The molecule has 0 unspecified atom stereocenters. The van der Waals surface area contributed by atoms with Crippen LogP contribution >= 0.6 is 11.3 Å². The molecule has 0 bridgehead atoms. The molecule has 0 amide bonds. The largest absolute Gasteiger partial charge is 0.205 e. The molecule has 0 N–H and O–H groups in total. The molecule has 0 radical (unpaired) electrons. The number of thiophene rings is 1. The van der Waals surface area contributed by atoms with E-state index in [-0.39, 0.29) is 5.82 Å². The Labute approximate surface area is 180 Å². The zero-order valence-electron chi connectivity index (χ0n) is 18.3. The van der Waals surface area contributed by atoms with E-state index in [4.69, 9.17) is 0 Å². The van der Waals surface area contributed by atoms with E-state index in [0.29, 0.717) is 5.92 Å². The maximum absolute atomic E-state index is 14.7. The van der Waals surface area contributed by atoms with E-state index < -0.39 is 0 Å². The summed E-state index contributed by atoms with van der Waals surface area (Å²) >= 11 is 1.62. The smallest absolute Gasteiger partial charge is 0.144 e. The van der Waals surface area contributed by atoms with Crippen molar-refractivity contribution in [2.24, 2.45) is 23.7 Å². The lowest BCUT2D eigenvalue weighted by atomic mass is 9.69. The second-order valence-corrected chi connectivity index (χ2v) is 10.7. The topological polar surface area (TPSA) is 0 Å². The quantitative estimate of drug-likeness (QED) is 0.444. The molecule has 1 aromatic heterocycles. The SMILES string of the molecule is CCCc1ccc2cc(/C=C/C3CCC(C4CCC(CC)CC4)CC3)sc2c1F. The first kappa shape index (κ1) is 21.1. The van der Waals surface area contributed by atoms with Crippen molar-refractivity contribution in [2.75, 3.05) is 0 Å². The molecule has 0 atom stereocenters. The first-order chi connectivity index (χ1) is 14.2. The molecule has 2 heteroatoms. The highest BCUT2D eigenvalue weighted by Gasteiger charge is 2.29. The summed E-state index contributed by atoms with van der Waals surface area (Å²) in [4.78, 5) is 1.20. The molecule has 29 heavy (non-hydrogen) atoms. The lowest BCUT2D eigenvalue weighted by Gasteiger charge is -2.37. The van der Waals surface area contributed by atoms with Crippen LogP contribution in [0.1, 0.15) is 88.5 Å². The maximum Gasteiger partial charge on any atom is 0.144 e. The van der Waals surface area contributed by atoms with Gasteiger partial charge in [0.1, 0.15) is 5.82 Å².